The van der Waals surface area contributed by atoms with E-state index in [2.05, 4.69) is 27.5 Å². The maximum atomic E-state index is 13.9. The molecule has 0 unspecified atom stereocenters. The second kappa shape index (κ2) is 11.4. The lowest BCUT2D eigenvalue weighted by atomic mass is 9.95. The molecular formula is C28H27BrN2O6S. The molecule has 2 aromatic carbocycles. The Bertz CT molecular complexity index is 1640. The van der Waals surface area contributed by atoms with Gasteiger partial charge in [0.2, 0.25) is 0 Å². The lowest BCUT2D eigenvalue weighted by Crippen LogP contribution is -2.40. The van der Waals surface area contributed by atoms with Crippen molar-refractivity contribution in [1.82, 2.24) is 4.57 Å². The monoisotopic (exact) mass is 598 g/mol. The fourth-order valence-corrected chi connectivity index (χ4v) is 5.92. The van der Waals surface area contributed by atoms with Gasteiger partial charge in [0.05, 0.1) is 42.7 Å². The first kappa shape index (κ1) is 27.4. The molecule has 3 aromatic rings. The Kier molecular flexibility index (Phi) is 8.23. The number of carbonyl (C=O) groups is 1. The summed E-state index contributed by atoms with van der Waals surface area (Å²) in [6.45, 7) is 7.36. The molecule has 0 radical (unpaired) electrons. The van der Waals surface area contributed by atoms with Gasteiger partial charge in [-0.15, -0.1) is 6.58 Å². The minimum Gasteiger partial charge on any atom is -0.508 e. The standard InChI is InChI=1S/C28H27BrN2O6S/c1-6-8-17-11-16(9-10-20(17)32)12-23-26(33)31-25(18-13-21(35-4)22(36-5)14-19(18)29)24(27(34)37-7-2)15(3)30-28(31)38-23/h6,9-14,25,32H,1,7-8H2,2-5H3/b23-12+/t25-/m1/s1. The van der Waals surface area contributed by atoms with Crippen LogP contribution in [0.3, 0.4) is 0 Å². The van der Waals surface area contributed by atoms with Gasteiger partial charge in [-0.3, -0.25) is 9.36 Å². The van der Waals surface area contributed by atoms with Gasteiger partial charge in [-0.25, -0.2) is 9.79 Å². The number of aromatic hydroxyl groups is 1. The molecule has 8 nitrogen and oxygen atoms in total. The molecule has 1 aromatic heterocycles. The molecule has 0 amide bonds. The van der Waals surface area contributed by atoms with Gasteiger partial charge >= 0.3 is 5.97 Å². The number of aromatic nitrogens is 1. The van der Waals surface area contributed by atoms with Gasteiger partial charge in [-0.2, -0.15) is 0 Å². The highest BCUT2D eigenvalue weighted by molar-refractivity contribution is 9.10. The first-order valence-electron chi connectivity index (χ1n) is 11.8. The molecule has 38 heavy (non-hydrogen) atoms. The SMILES string of the molecule is C=CCc1cc(/C=c2/sc3n(c2=O)[C@H](c2cc(OC)c(OC)cc2Br)C(C(=O)OCC)=C(C)N=3)ccc1O. The highest BCUT2D eigenvalue weighted by Gasteiger charge is 2.35. The minimum absolute atomic E-state index is 0.163. The van der Waals surface area contributed by atoms with Crippen molar-refractivity contribution in [2.75, 3.05) is 20.8 Å². The smallest absolute Gasteiger partial charge is 0.338 e. The third kappa shape index (κ3) is 5.06. The van der Waals surface area contributed by atoms with E-state index in [-0.39, 0.29) is 23.5 Å². The van der Waals surface area contributed by atoms with Crippen molar-refractivity contribution in [3.63, 3.8) is 0 Å². The lowest BCUT2D eigenvalue weighted by Gasteiger charge is -2.26. The molecule has 0 bridgehead atoms. The van der Waals surface area contributed by atoms with Gasteiger partial charge in [0, 0.05) is 4.47 Å². The summed E-state index contributed by atoms with van der Waals surface area (Å²) < 4.78 is 18.9. The second-order valence-corrected chi connectivity index (χ2v) is 10.3. The van der Waals surface area contributed by atoms with E-state index in [0.29, 0.717) is 48.6 Å². The van der Waals surface area contributed by atoms with Crippen LogP contribution < -0.4 is 24.4 Å². The van der Waals surface area contributed by atoms with E-state index in [4.69, 9.17) is 14.2 Å². The Morgan fingerprint density at radius 1 is 1.24 bits per heavy atom. The summed E-state index contributed by atoms with van der Waals surface area (Å²) >= 11 is 4.82. The fraction of sp³-hybridized carbons (Fsp3) is 0.250. The summed E-state index contributed by atoms with van der Waals surface area (Å²) in [4.78, 5) is 32.1. The van der Waals surface area contributed by atoms with Crippen LogP contribution in [0, 0.1) is 0 Å². The second-order valence-electron chi connectivity index (χ2n) is 8.41. The lowest BCUT2D eigenvalue weighted by molar-refractivity contribution is -0.139. The molecule has 1 aliphatic rings. The third-order valence-electron chi connectivity index (χ3n) is 6.08. The van der Waals surface area contributed by atoms with Crippen LogP contribution in [0.4, 0.5) is 0 Å². The number of halogens is 1. The summed E-state index contributed by atoms with van der Waals surface area (Å²) in [6, 6.07) is 7.79. The summed E-state index contributed by atoms with van der Waals surface area (Å²) in [7, 11) is 3.05. The molecule has 0 spiro atoms. The molecule has 0 saturated heterocycles. The zero-order valence-electron chi connectivity index (χ0n) is 21.4. The Hall–Kier alpha value is -3.63. The molecular weight excluding hydrogens is 572 g/mol. The molecule has 0 aliphatic carbocycles. The first-order chi connectivity index (χ1) is 18.2. The van der Waals surface area contributed by atoms with Gasteiger partial charge in [-0.1, -0.05) is 39.4 Å². The maximum Gasteiger partial charge on any atom is 0.338 e. The van der Waals surface area contributed by atoms with Crippen molar-refractivity contribution in [3.8, 4) is 17.2 Å². The van der Waals surface area contributed by atoms with Crippen LogP contribution in [0.25, 0.3) is 6.08 Å². The van der Waals surface area contributed by atoms with Crippen LogP contribution in [0.1, 0.15) is 36.6 Å². The molecule has 1 atom stereocenters. The van der Waals surface area contributed by atoms with E-state index < -0.39 is 12.0 Å². The molecule has 0 saturated carbocycles. The number of phenols is 1. The van der Waals surface area contributed by atoms with Crippen molar-refractivity contribution in [2.24, 2.45) is 4.99 Å². The molecule has 10 heteroatoms. The number of phenolic OH excluding ortho intramolecular Hbond substituents is 1. The fourth-order valence-electron chi connectivity index (χ4n) is 4.33. The Balaban J connectivity index is 1.99. The maximum absolute atomic E-state index is 13.9. The molecule has 4 rings (SSSR count). The van der Waals surface area contributed by atoms with Gasteiger partial charge in [-0.05, 0) is 67.3 Å². The van der Waals surface area contributed by atoms with E-state index in [1.807, 2.05) is 6.07 Å². The number of hydrogen-bond acceptors (Lipinski definition) is 8. The number of hydrogen-bond donors (Lipinski definition) is 1. The minimum atomic E-state index is -0.822. The average Bonchev–Trinajstić information content (AvgIpc) is 3.19. The van der Waals surface area contributed by atoms with Gasteiger partial charge < -0.3 is 19.3 Å². The number of esters is 1. The number of ether oxygens (including phenoxy) is 3. The summed E-state index contributed by atoms with van der Waals surface area (Å²) in [5.41, 5.74) is 2.47. The molecule has 1 N–H and O–H groups in total. The zero-order valence-corrected chi connectivity index (χ0v) is 23.8. The molecule has 1 aliphatic heterocycles. The number of thiazole rings is 1. The number of methoxy groups -OCH3 is 2. The highest BCUT2D eigenvalue weighted by atomic mass is 79.9. The Morgan fingerprint density at radius 3 is 2.61 bits per heavy atom. The normalized spacial score (nSPS) is 15.1. The van der Waals surface area contributed by atoms with Crippen LogP contribution in [-0.4, -0.2) is 36.5 Å². The number of carbonyl (C=O) groups excluding carboxylic acids is 1. The van der Waals surface area contributed by atoms with Crippen LogP contribution in [-0.2, 0) is 16.0 Å². The van der Waals surface area contributed by atoms with Crippen LogP contribution in [0.15, 0.2) is 68.5 Å². The number of nitrogens with zero attached hydrogens (tertiary/aromatic N) is 2. The number of rotatable bonds is 8. The highest BCUT2D eigenvalue weighted by Crippen LogP contribution is 2.40. The Morgan fingerprint density at radius 2 is 1.95 bits per heavy atom. The van der Waals surface area contributed by atoms with Crippen LogP contribution in [0.5, 0.6) is 17.2 Å². The zero-order chi connectivity index (χ0) is 27.6. The topological polar surface area (TPSA) is 99.4 Å². The van der Waals surface area contributed by atoms with Gasteiger partial charge in [0.25, 0.3) is 5.56 Å². The van der Waals surface area contributed by atoms with Crippen molar-refractivity contribution in [3.05, 3.63) is 95.1 Å². The van der Waals surface area contributed by atoms with Crippen LogP contribution in [0.2, 0.25) is 0 Å². The van der Waals surface area contributed by atoms with E-state index in [9.17, 15) is 14.7 Å². The van der Waals surface area contributed by atoms with Crippen molar-refractivity contribution < 1.29 is 24.1 Å². The van der Waals surface area contributed by atoms with Crippen LogP contribution >= 0.6 is 27.3 Å². The van der Waals surface area contributed by atoms with Gasteiger partial charge in [0.1, 0.15) is 5.75 Å². The number of benzene rings is 2. The summed E-state index contributed by atoms with van der Waals surface area (Å²) in [5.74, 6) is 0.556. The van der Waals surface area contributed by atoms with Gasteiger partial charge in [0.15, 0.2) is 16.3 Å². The van der Waals surface area contributed by atoms with Crippen molar-refractivity contribution in [1.29, 1.82) is 0 Å². The van der Waals surface area contributed by atoms with E-state index in [0.717, 1.165) is 5.56 Å². The van der Waals surface area contributed by atoms with E-state index in [1.165, 1.54) is 30.1 Å². The predicted octanol–water partition coefficient (Wildman–Crippen LogP) is 4.01. The van der Waals surface area contributed by atoms with Crippen molar-refractivity contribution >= 4 is 39.3 Å². The average molecular weight is 600 g/mol. The molecule has 198 valence electrons. The first-order valence-corrected chi connectivity index (χ1v) is 13.4. The van der Waals surface area contributed by atoms with E-state index >= 15 is 0 Å². The molecule has 2 heterocycles. The summed E-state index contributed by atoms with van der Waals surface area (Å²) in [6.07, 6.45) is 3.94. The molecule has 0 fully saturated rings. The number of allylic oxidation sites excluding steroid dienone is 2. The Labute approximate surface area is 232 Å². The number of fused-ring (bicyclic) bond motifs is 1. The van der Waals surface area contributed by atoms with Crippen molar-refractivity contribution in [2.45, 2.75) is 26.3 Å². The third-order valence-corrected chi connectivity index (χ3v) is 7.75. The summed E-state index contributed by atoms with van der Waals surface area (Å²) in [5, 5.41) is 10.1. The predicted molar refractivity (Wildman–Crippen MR) is 150 cm³/mol. The largest absolute Gasteiger partial charge is 0.508 e. The quantitative estimate of drug-likeness (QED) is 0.311. The van der Waals surface area contributed by atoms with E-state index in [1.54, 1.807) is 50.3 Å².